The van der Waals surface area contributed by atoms with Crippen LogP contribution in [0.2, 0.25) is 0 Å². The number of benzene rings is 2. The maximum Gasteiger partial charge on any atom is 0.277 e. The molecule has 0 atom stereocenters. The van der Waals surface area contributed by atoms with Gasteiger partial charge in [0.15, 0.2) is 6.61 Å². The third-order valence-corrected chi connectivity index (χ3v) is 3.42. The normalized spacial score (nSPS) is 10.5. The van der Waals surface area contributed by atoms with Crippen LogP contribution in [0, 0.1) is 3.57 Å². The number of hydrogen-bond acceptors (Lipinski definition) is 4. The van der Waals surface area contributed by atoms with Gasteiger partial charge in [-0.15, -0.1) is 0 Å². The molecule has 2 rings (SSSR count). The summed E-state index contributed by atoms with van der Waals surface area (Å²) in [6.45, 7) is -0.101. The van der Waals surface area contributed by atoms with Gasteiger partial charge >= 0.3 is 0 Å². The summed E-state index contributed by atoms with van der Waals surface area (Å²) in [4.78, 5) is 11.6. The molecule has 5 nitrogen and oxygen atoms in total. The lowest BCUT2D eigenvalue weighted by atomic mass is 10.2. The molecule has 0 aromatic heterocycles. The Bertz CT molecular complexity index is 639. The Morgan fingerprint density at radius 1 is 1.14 bits per heavy atom. The summed E-state index contributed by atoms with van der Waals surface area (Å²) in [5.74, 6) is 1.01. The number of rotatable bonds is 6. The monoisotopic (exact) mass is 410 g/mol. The second-order valence-electron chi connectivity index (χ2n) is 4.31. The molecule has 0 fully saturated rings. The SMILES string of the molecule is COc1ccc(OCC(=O)NN=Cc2ccc(I)cc2)cc1. The Hall–Kier alpha value is -2.09. The maximum atomic E-state index is 11.6. The average Bonchev–Trinajstić information content (AvgIpc) is 2.55. The summed E-state index contributed by atoms with van der Waals surface area (Å²) in [7, 11) is 1.59. The zero-order chi connectivity index (χ0) is 15.8. The summed E-state index contributed by atoms with van der Waals surface area (Å²) < 4.78 is 11.5. The zero-order valence-corrected chi connectivity index (χ0v) is 14.1. The number of halogens is 1. The molecule has 0 aliphatic heterocycles. The van der Waals surface area contributed by atoms with Crippen molar-refractivity contribution < 1.29 is 14.3 Å². The van der Waals surface area contributed by atoms with Gasteiger partial charge in [-0.3, -0.25) is 4.79 Å². The van der Waals surface area contributed by atoms with Crippen molar-refractivity contribution in [1.82, 2.24) is 5.43 Å². The van der Waals surface area contributed by atoms with Crippen molar-refractivity contribution in [2.75, 3.05) is 13.7 Å². The molecule has 0 aliphatic rings. The fraction of sp³-hybridized carbons (Fsp3) is 0.125. The van der Waals surface area contributed by atoms with E-state index in [1.54, 1.807) is 37.6 Å². The third kappa shape index (κ3) is 5.36. The van der Waals surface area contributed by atoms with Crippen LogP contribution in [-0.2, 0) is 4.79 Å². The molecule has 2 aromatic carbocycles. The molecule has 0 unspecified atom stereocenters. The predicted molar refractivity (Wildman–Crippen MR) is 93.4 cm³/mol. The molecule has 2 aromatic rings. The minimum Gasteiger partial charge on any atom is -0.497 e. The topological polar surface area (TPSA) is 59.9 Å². The van der Waals surface area contributed by atoms with Crippen LogP contribution in [0.15, 0.2) is 53.6 Å². The van der Waals surface area contributed by atoms with Crippen molar-refractivity contribution in [3.63, 3.8) is 0 Å². The quantitative estimate of drug-likeness (QED) is 0.453. The van der Waals surface area contributed by atoms with Gasteiger partial charge in [-0.2, -0.15) is 5.10 Å². The maximum absolute atomic E-state index is 11.6. The molecule has 114 valence electrons. The number of nitrogens with one attached hydrogen (secondary N) is 1. The molecule has 0 aliphatic carbocycles. The number of hydrazone groups is 1. The van der Waals surface area contributed by atoms with E-state index >= 15 is 0 Å². The highest BCUT2D eigenvalue weighted by Crippen LogP contribution is 2.16. The van der Waals surface area contributed by atoms with Gasteiger partial charge in [-0.25, -0.2) is 5.43 Å². The van der Waals surface area contributed by atoms with Crippen molar-refractivity contribution in [2.24, 2.45) is 5.10 Å². The van der Waals surface area contributed by atoms with Crippen LogP contribution in [0.4, 0.5) is 0 Å². The number of carbonyl (C=O) groups excluding carboxylic acids is 1. The Balaban J connectivity index is 1.76. The molecule has 0 saturated carbocycles. The Morgan fingerprint density at radius 3 is 2.41 bits per heavy atom. The molecule has 0 bridgehead atoms. The van der Waals surface area contributed by atoms with Crippen LogP contribution < -0.4 is 14.9 Å². The average molecular weight is 410 g/mol. The fourth-order valence-corrected chi connectivity index (χ4v) is 1.94. The minimum absolute atomic E-state index is 0.101. The molecule has 1 N–H and O–H groups in total. The van der Waals surface area contributed by atoms with Gasteiger partial charge in [0.1, 0.15) is 11.5 Å². The van der Waals surface area contributed by atoms with Crippen LogP contribution in [0.3, 0.4) is 0 Å². The van der Waals surface area contributed by atoms with Crippen molar-refractivity contribution >= 4 is 34.7 Å². The molecular formula is C16H15IN2O3. The predicted octanol–water partition coefficient (Wildman–Crippen LogP) is 2.83. The summed E-state index contributed by atoms with van der Waals surface area (Å²) in [5.41, 5.74) is 3.33. The van der Waals surface area contributed by atoms with E-state index in [1.165, 1.54) is 0 Å². The number of ether oxygens (including phenoxy) is 2. The molecule has 22 heavy (non-hydrogen) atoms. The standard InChI is InChI=1S/C16H15IN2O3/c1-21-14-6-8-15(9-7-14)22-11-16(20)19-18-10-12-2-4-13(17)5-3-12/h2-10H,11H2,1H3,(H,19,20). The number of methoxy groups -OCH3 is 1. The number of amides is 1. The summed E-state index contributed by atoms with van der Waals surface area (Å²) in [6, 6.07) is 14.8. The van der Waals surface area contributed by atoms with E-state index in [0.717, 1.165) is 14.9 Å². The van der Waals surface area contributed by atoms with E-state index < -0.39 is 0 Å². The van der Waals surface area contributed by atoms with Gasteiger partial charge < -0.3 is 9.47 Å². The summed E-state index contributed by atoms with van der Waals surface area (Å²) >= 11 is 2.23. The van der Waals surface area contributed by atoms with Gasteiger partial charge in [0, 0.05) is 3.57 Å². The van der Waals surface area contributed by atoms with Crippen LogP contribution in [0.1, 0.15) is 5.56 Å². The van der Waals surface area contributed by atoms with Gasteiger partial charge in [-0.1, -0.05) is 12.1 Å². The van der Waals surface area contributed by atoms with E-state index in [2.05, 4.69) is 33.1 Å². The molecule has 1 amide bonds. The van der Waals surface area contributed by atoms with E-state index in [0.29, 0.717) is 5.75 Å². The van der Waals surface area contributed by atoms with Crippen molar-refractivity contribution in [2.45, 2.75) is 0 Å². The zero-order valence-electron chi connectivity index (χ0n) is 12.0. The molecular weight excluding hydrogens is 395 g/mol. The Morgan fingerprint density at radius 2 is 1.77 bits per heavy atom. The number of hydrogen-bond donors (Lipinski definition) is 1. The number of nitrogens with zero attached hydrogens (tertiary/aromatic N) is 1. The highest BCUT2D eigenvalue weighted by molar-refractivity contribution is 14.1. The van der Waals surface area contributed by atoms with Gasteiger partial charge in [-0.05, 0) is 64.6 Å². The third-order valence-electron chi connectivity index (χ3n) is 2.70. The van der Waals surface area contributed by atoms with E-state index in [1.807, 2.05) is 24.3 Å². The number of carbonyl (C=O) groups is 1. The second-order valence-corrected chi connectivity index (χ2v) is 5.55. The van der Waals surface area contributed by atoms with Crippen LogP contribution in [-0.4, -0.2) is 25.8 Å². The molecule has 0 saturated heterocycles. The first-order chi connectivity index (χ1) is 10.7. The largest absolute Gasteiger partial charge is 0.497 e. The first-order valence-corrected chi connectivity index (χ1v) is 7.59. The van der Waals surface area contributed by atoms with Crippen molar-refractivity contribution in [1.29, 1.82) is 0 Å². The van der Waals surface area contributed by atoms with Gasteiger partial charge in [0.05, 0.1) is 13.3 Å². The second kappa shape index (κ2) is 8.38. The Labute approximate surface area is 142 Å². The minimum atomic E-state index is -0.322. The highest BCUT2D eigenvalue weighted by atomic mass is 127. The fourth-order valence-electron chi connectivity index (χ4n) is 1.58. The van der Waals surface area contributed by atoms with E-state index in [9.17, 15) is 4.79 Å². The highest BCUT2D eigenvalue weighted by Gasteiger charge is 2.01. The van der Waals surface area contributed by atoms with E-state index in [-0.39, 0.29) is 12.5 Å². The lowest BCUT2D eigenvalue weighted by molar-refractivity contribution is -0.123. The van der Waals surface area contributed by atoms with Gasteiger partial charge in [0.25, 0.3) is 5.91 Å². The first kappa shape index (κ1) is 16.3. The molecule has 0 heterocycles. The van der Waals surface area contributed by atoms with E-state index in [4.69, 9.17) is 9.47 Å². The summed E-state index contributed by atoms with van der Waals surface area (Å²) in [5, 5.41) is 3.88. The van der Waals surface area contributed by atoms with Gasteiger partial charge in [0.2, 0.25) is 0 Å². The van der Waals surface area contributed by atoms with Crippen LogP contribution in [0.25, 0.3) is 0 Å². The lowest BCUT2D eigenvalue weighted by Crippen LogP contribution is -2.24. The lowest BCUT2D eigenvalue weighted by Gasteiger charge is -2.05. The van der Waals surface area contributed by atoms with Crippen molar-refractivity contribution in [3.05, 3.63) is 57.7 Å². The molecule has 0 spiro atoms. The van der Waals surface area contributed by atoms with Crippen molar-refractivity contribution in [3.8, 4) is 11.5 Å². The first-order valence-electron chi connectivity index (χ1n) is 6.52. The molecule has 0 radical (unpaired) electrons. The summed E-state index contributed by atoms with van der Waals surface area (Å²) in [6.07, 6.45) is 1.58. The van der Waals surface area contributed by atoms with Crippen LogP contribution >= 0.6 is 22.6 Å². The molecule has 6 heteroatoms. The van der Waals surface area contributed by atoms with Crippen LogP contribution in [0.5, 0.6) is 11.5 Å². The smallest absolute Gasteiger partial charge is 0.277 e. The Kier molecular flexibility index (Phi) is 6.20.